The van der Waals surface area contributed by atoms with Gasteiger partial charge < -0.3 is 4.74 Å². The second kappa shape index (κ2) is 5.72. The average Bonchev–Trinajstić information content (AvgIpc) is 2.37. The van der Waals surface area contributed by atoms with Gasteiger partial charge in [0, 0.05) is 18.1 Å². The Kier molecular flexibility index (Phi) is 4.05. The monoisotopic (exact) mass is 321 g/mol. The van der Waals surface area contributed by atoms with Crippen molar-refractivity contribution >= 4 is 29.1 Å². The number of aliphatic imine (C=N–C) groups is 2. The van der Waals surface area contributed by atoms with Gasteiger partial charge in [-0.2, -0.15) is 4.99 Å². The fraction of sp³-hybridized carbons (Fsp3) is 0.562. The van der Waals surface area contributed by atoms with Crippen LogP contribution in [0.5, 0.6) is 0 Å². The highest BCUT2D eigenvalue weighted by Gasteiger charge is 2.33. The molecular weight excluding hydrogens is 302 g/mol. The number of hydrogen-bond acceptors (Lipinski definition) is 4. The maximum atomic E-state index is 12.2. The van der Waals surface area contributed by atoms with Crippen molar-refractivity contribution in [2.75, 3.05) is 19.6 Å². The van der Waals surface area contributed by atoms with Crippen LogP contribution in [0.15, 0.2) is 33.2 Å². The molecule has 2 heterocycles. The second-order valence-electron chi connectivity index (χ2n) is 6.62. The molecule has 2 unspecified atom stereocenters. The predicted octanol–water partition coefficient (Wildman–Crippen LogP) is 2.17. The summed E-state index contributed by atoms with van der Waals surface area (Å²) in [5.74, 6) is -0.0541. The molecule has 0 spiro atoms. The molecule has 1 fully saturated rings. The Labute approximate surface area is 135 Å². The van der Waals surface area contributed by atoms with Gasteiger partial charge in [0.25, 0.3) is 5.91 Å². The fourth-order valence-corrected chi connectivity index (χ4v) is 3.41. The van der Waals surface area contributed by atoms with Crippen LogP contribution >= 0.6 is 11.6 Å². The molecule has 0 saturated carbocycles. The van der Waals surface area contributed by atoms with Crippen molar-refractivity contribution in [3.8, 4) is 0 Å². The van der Waals surface area contributed by atoms with Crippen LogP contribution in [-0.4, -0.2) is 53.7 Å². The Hall–Kier alpha value is -1.30. The lowest BCUT2D eigenvalue weighted by Crippen LogP contribution is -2.53. The van der Waals surface area contributed by atoms with Gasteiger partial charge in [-0.15, -0.1) is 0 Å². The van der Waals surface area contributed by atoms with E-state index in [-0.39, 0.29) is 17.6 Å². The molecule has 0 aromatic rings. The highest BCUT2D eigenvalue weighted by atomic mass is 35.5. The van der Waals surface area contributed by atoms with Gasteiger partial charge >= 0.3 is 0 Å². The summed E-state index contributed by atoms with van der Waals surface area (Å²) < 4.78 is 5.89. The van der Waals surface area contributed by atoms with E-state index < -0.39 is 5.92 Å². The summed E-state index contributed by atoms with van der Waals surface area (Å²) in [6.07, 6.45) is 5.40. The summed E-state index contributed by atoms with van der Waals surface area (Å²) in [4.78, 5) is 23.1. The molecule has 5 nitrogen and oxygen atoms in total. The lowest BCUT2D eigenvalue weighted by Gasteiger charge is -2.41. The number of halogens is 1. The van der Waals surface area contributed by atoms with E-state index in [1.807, 2.05) is 0 Å². The van der Waals surface area contributed by atoms with Gasteiger partial charge in [0.05, 0.1) is 24.0 Å². The zero-order valence-corrected chi connectivity index (χ0v) is 13.8. The van der Waals surface area contributed by atoms with Crippen LogP contribution in [0.4, 0.5) is 0 Å². The molecule has 118 valence electrons. The summed E-state index contributed by atoms with van der Waals surface area (Å²) in [5, 5.41) is 0.555. The summed E-state index contributed by atoms with van der Waals surface area (Å²) in [6, 6.07) is 0. The highest BCUT2D eigenvalue weighted by Crippen LogP contribution is 2.24. The fourth-order valence-electron chi connectivity index (χ4n) is 3.22. The number of carbonyl (C=O) groups excluding carboxylic acids is 1. The quantitative estimate of drug-likeness (QED) is 0.783. The van der Waals surface area contributed by atoms with Crippen molar-refractivity contribution in [3.05, 3.63) is 23.3 Å². The molecule has 3 aliphatic rings. The van der Waals surface area contributed by atoms with Crippen molar-refractivity contribution in [3.63, 3.8) is 0 Å². The largest absolute Gasteiger partial charge is 0.370 e. The van der Waals surface area contributed by atoms with E-state index in [0.29, 0.717) is 17.4 Å². The molecule has 2 aliphatic heterocycles. The van der Waals surface area contributed by atoms with E-state index in [2.05, 4.69) is 35.7 Å². The topological polar surface area (TPSA) is 54.3 Å². The van der Waals surface area contributed by atoms with Crippen molar-refractivity contribution < 1.29 is 9.53 Å². The predicted molar refractivity (Wildman–Crippen MR) is 87.5 cm³/mol. The van der Waals surface area contributed by atoms with Crippen LogP contribution in [0.3, 0.4) is 0 Å². The zero-order chi connectivity index (χ0) is 15.9. The molecule has 1 saturated heterocycles. The van der Waals surface area contributed by atoms with Crippen molar-refractivity contribution in [1.29, 1.82) is 0 Å². The van der Waals surface area contributed by atoms with Crippen molar-refractivity contribution in [2.45, 2.75) is 32.5 Å². The van der Waals surface area contributed by atoms with Crippen LogP contribution in [0.1, 0.15) is 20.8 Å². The van der Waals surface area contributed by atoms with Crippen molar-refractivity contribution in [1.82, 2.24) is 4.90 Å². The lowest BCUT2D eigenvalue weighted by molar-refractivity contribution is -0.125. The molecular formula is C16H20ClN3O2. The first-order valence-corrected chi connectivity index (χ1v) is 7.86. The lowest BCUT2D eigenvalue weighted by atomic mass is 9.96. The minimum atomic E-state index is -0.429. The number of hydrogen-bond donors (Lipinski definition) is 0. The van der Waals surface area contributed by atoms with Crippen LogP contribution in [0, 0.1) is 5.92 Å². The third-order valence-electron chi connectivity index (χ3n) is 3.83. The Morgan fingerprint density at radius 1 is 1.41 bits per heavy atom. The smallest absolute Gasteiger partial charge is 0.260 e. The first-order valence-electron chi connectivity index (χ1n) is 7.48. The molecule has 0 radical (unpaired) electrons. The first kappa shape index (κ1) is 15.6. The molecule has 0 bridgehead atoms. The van der Waals surface area contributed by atoms with E-state index >= 15 is 0 Å². The van der Waals surface area contributed by atoms with Crippen LogP contribution in [0.2, 0.25) is 0 Å². The Bertz CT molecular complexity index is 619. The van der Waals surface area contributed by atoms with Crippen LogP contribution in [0.25, 0.3) is 0 Å². The molecule has 0 N–H and O–H groups in total. The van der Waals surface area contributed by atoms with Gasteiger partial charge in [0.1, 0.15) is 11.8 Å². The summed E-state index contributed by atoms with van der Waals surface area (Å²) in [7, 11) is 0. The van der Waals surface area contributed by atoms with E-state index in [1.165, 1.54) is 0 Å². The number of amidine groups is 1. The minimum absolute atomic E-state index is 0.153. The Morgan fingerprint density at radius 3 is 2.91 bits per heavy atom. The average molecular weight is 322 g/mol. The maximum absolute atomic E-state index is 12.2. The normalized spacial score (nSPS) is 31.3. The number of carbonyl (C=O) groups is 1. The molecule has 22 heavy (non-hydrogen) atoms. The number of allylic oxidation sites excluding steroid dienone is 3. The molecule has 6 heteroatoms. The van der Waals surface area contributed by atoms with Gasteiger partial charge in [-0.1, -0.05) is 11.6 Å². The number of rotatable bonds is 2. The van der Waals surface area contributed by atoms with Crippen LogP contribution < -0.4 is 0 Å². The van der Waals surface area contributed by atoms with Gasteiger partial charge in [0.15, 0.2) is 0 Å². The molecule has 3 rings (SSSR count). The number of morpholine rings is 1. The SMILES string of the molecule is CC1CN(CC2=NC(=O)C3C=C(Cl)C=CC3=N2)CC(C)(C)O1. The number of amides is 1. The van der Waals surface area contributed by atoms with E-state index in [4.69, 9.17) is 16.3 Å². The molecule has 1 amide bonds. The standard InChI is InChI=1S/C16H20ClN3O2/c1-10-7-20(9-16(2,3)22-10)8-14-18-13-5-4-11(17)6-12(13)15(21)19-14/h4-6,10,12H,7-9H2,1-3H3. The molecule has 0 aromatic heterocycles. The van der Waals surface area contributed by atoms with E-state index in [9.17, 15) is 4.79 Å². The molecule has 1 aliphatic carbocycles. The third kappa shape index (κ3) is 3.37. The van der Waals surface area contributed by atoms with Gasteiger partial charge in [-0.25, -0.2) is 4.99 Å². The van der Waals surface area contributed by atoms with Gasteiger partial charge in [0.2, 0.25) is 0 Å². The van der Waals surface area contributed by atoms with E-state index in [0.717, 1.165) is 18.8 Å². The Balaban J connectivity index is 1.74. The second-order valence-corrected chi connectivity index (χ2v) is 7.06. The molecule has 2 atom stereocenters. The number of fused-ring (bicyclic) bond motifs is 1. The Morgan fingerprint density at radius 2 is 2.18 bits per heavy atom. The summed E-state index contributed by atoms with van der Waals surface area (Å²) >= 11 is 5.94. The first-order chi connectivity index (χ1) is 10.3. The summed E-state index contributed by atoms with van der Waals surface area (Å²) in [6.45, 7) is 8.36. The maximum Gasteiger partial charge on any atom is 0.260 e. The minimum Gasteiger partial charge on any atom is -0.370 e. The van der Waals surface area contributed by atoms with Crippen LogP contribution in [-0.2, 0) is 9.53 Å². The summed E-state index contributed by atoms with van der Waals surface area (Å²) in [5.41, 5.74) is 0.521. The van der Waals surface area contributed by atoms with E-state index in [1.54, 1.807) is 18.2 Å². The third-order valence-corrected chi connectivity index (χ3v) is 4.08. The zero-order valence-electron chi connectivity index (χ0n) is 13.0. The highest BCUT2D eigenvalue weighted by molar-refractivity contribution is 6.33. The number of ether oxygens (including phenoxy) is 1. The van der Waals surface area contributed by atoms with Crippen molar-refractivity contribution in [2.24, 2.45) is 15.9 Å². The molecule has 0 aromatic carbocycles. The van der Waals surface area contributed by atoms with Gasteiger partial charge in [-0.05, 0) is 39.0 Å². The van der Waals surface area contributed by atoms with Gasteiger partial charge in [-0.3, -0.25) is 9.69 Å². The number of nitrogens with zero attached hydrogens (tertiary/aromatic N) is 3.